The molecule has 5 rings (SSSR count). The van der Waals surface area contributed by atoms with Crippen LogP contribution in [0.3, 0.4) is 0 Å². The van der Waals surface area contributed by atoms with Crippen molar-refractivity contribution in [3.8, 4) is 22.8 Å². The SMILES string of the molecule is COc1ccc(-c2cc(CN3CC(C(=O)N4CCCCC4)Oc4ccccc43)on2)cc1. The van der Waals surface area contributed by atoms with Gasteiger partial charge in [-0.2, -0.15) is 0 Å². The number of anilines is 1. The summed E-state index contributed by atoms with van der Waals surface area (Å²) in [6.45, 7) is 2.61. The molecule has 32 heavy (non-hydrogen) atoms. The topological polar surface area (TPSA) is 68.0 Å². The average molecular weight is 434 g/mol. The van der Waals surface area contributed by atoms with Crippen molar-refractivity contribution in [3.63, 3.8) is 0 Å². The number of rotatable bonds is 5. The molecule has 1 amide bonds. The number of carbonyl (C=O) groups excluding carboxylic acids is 1. The second-order valence-electron chi connectivity index (χ2n) is 8.25. The van der Waals surface area contributed by atoms with Gasteiger partial charge in [0.15, 0.2) is 11.9 Å². The largest absolute Gasteiger partial charge is 0.497 e. The monoisotopic (exact) mass is 433 g/mol. The van der Waals surface area contributed by atoms with E-state index in [2.05, 4.69) is 10.1 Å². The molecule has 7 nitrogen and oxygen atoms in total. The van der Waals surface area contributed by atoms with Gasteiger partial charge in [0.2, 0.25) is 0 Å². The maximum absolute atomic E-state index is 13.1. The number of likely N-dealkylation sites (tertiary alicyclic amines) is 1. The van der Waals surface area contributed by atoms with E-state index in [1.165, 1.54) is 6.42 Å². The van der Waals surface area contributed by atoms with E-state index in [1.54, 1.807) is 7.11 Å². The number of hydrogen-bond acceptors (Lipinski definition) is 6. The van der Waals surface area contributed by atoms with Crippen LogP contribution in [0.5, 0.6) is 11.5 Å². The maximum Gasteiger partial charge on any atom is 0.265 e. The molecule has 0 aliphatic carbocycles. The minimum absolute atomic E-state index is 0.0701. The van der Waals surface area contributed by atoms with E-state index in [4.69, 9.17) is 14.0 Å². The Hall–Kier alpha value is -3.48. The van der Waals surface area contributed by atoms with Crippen molar-refractivity contribution < 1.29 is 18.8 Å². The van der Waals surface area contributed by atoms with Crippen LogP contribution in [0.2, 0.25) is 0 Å². The molecule has 0 spiro atoms. The molecule has 0 N–H and O–H groups in total. The molecule has 3 heterocycles. The molecule has 2 aliphatic rings. The zero-order valence-corrected chi connectivity index (χ0v) is 18.2. The van der Waals surface area contributed by atoms with E-state index in [0.717, 1.165) is 60.1 Å². The first kappa shape index (κ1) is 20.4. The van der Waals surface area contributed by atoms with Crippen LogP contribution in [-0.4, -0.2) is 48.8 Å². The Bertz CT molecular complexity index is 1070. The van der Waals surface area contributed by atoms with Gasteiger partial charge < -0.3 is 23.8 Å². The molecule has 1 atom stereocenters. The lowest BCUT2D eigenvalue weighted by molar-refractivity contribution is -0.139. The number of piperidine rings is 1. The van der Waals surface area contributed by atoms with Crippen molar-refractivity contribution in [2.45, 2.75) is 31.9 Å². The summed E-state index contributed by atoms with van der Waals surface area (Å²) in [7, 11) is 1.65. The van der Waals surface area contributed by atoms with Crippen LogP contribution in [-0.2, 0) is 11.3 Å². The van der Waals surface area contributed by atoms with Gasteiger partial charge in [-0.25, -0.2) is 0 Å². The number of amides is 1. The highest BCUT2D eigenvalue weighted by molar-refractivity contribution is 5.83. The molecule has 1 unspecified atom stereocenters. The standard InChI is InChI=1S/C25H27N3O4/c1-30-19-11-9-18(10-12-19)21-15-20(32-26-21)16-28-17-24(25(29)27-13-5-2-6-14-27)31-23-8-4-3-7-22(23)28/h3-4,7-12,15,24H,2,5-6,13-14,16-17H2,1H3. The first-order chi connectivity index (χ1) is 15.7. The summed E-state index contributed by atoms with van der Waals surface area (Å²) in [5, 5.41) is 4.24. The van der Waals surface area contributed by atoms with E-state index in [-0.39, 0.29) is 5.91 Å². The average Bonchev–Trinajstić information content (AvgIpc) is 3.32. The summed E-state index contributed by atoms with van der Waals surface area (Å²) in [5.41, 5.74) is 2.68. The van der Waals surface area contributed by atoms with Crippen LogP contribution in [0.25, 0.3) is 11.3 Å². The fraction of sp³-hybridized carbons (Fsp3) is 0.360. The molecule has 166 valence electrons. The van der Waals surface area contributed by atoms with Gasteiger partial charge in [0.1, 0.15) is 17.2 Å². The van der Waals surface area contributed by atoms with Crippen LogP contribution in [0.15, 0.2) is 59.1 Å². The molecule has 1 saturated heterocycles. The predicted octanol–water partition coefficient (Wildman–Crippen LogP) is 4.13. The van der Waals surface area contributed by atoms with Crippen molar-refractivity contribution in [1.29, 1.82) is 0 Å². The normalized spacial score (nSPS) is 18.1. The molecule has 1 aromatic heterocycles. The number of ether oxygens (including phenoxy) is 2. The van der Waals surface area contributed by atoms with Gasteiger partial charge in [0.25, 0.3) is 5.91 Å². The lowest BCUT2D eigenvalue weighted by Gasteiger charge is -2.38. The summed E-state index contributed by atoms with van der Waals surface area (Å²) in [4.78, 5) is 17.2. The number of hydrogen-bond donors (Lipinski definition) is 0. The minimum Gasteiger partial charge on any atom is -0.497 e. The molecule has 0 bridgehead atoms. The first-order valence-electron chi connectivity index (χ1n) is 11.1. The third-order valence-corrected chi connectivity index (χ3v) is 6.10. The Balaban J connectivity index is 1.35. The summed E-state index contributed by atoms with van der Waals surface area (Å²) < 4.78 is 17.0. The van der Waals surface area contributed by atoms with Gasteiger partial charge in [-0.15, -0.1) is 0 Å². The van der Waals surface area contributed by atoms with E-state index < -0.39 is 6.10 Å². The highest BCUT2D eigenvalue weighted by Crippen LogP contribution is 2.35. The zero-order valence-electron chi connectivity index (χ0n) is 18.2. The Morgan fingerprint density at radius 1 is 1.09 bits per heavy atom. The Morgan fingerprint density at radius 2 is 1.88 bits per heavy atom. The molecule has 2 aromatic carbocycles. The highest BCUT2D eigenvalue weighted by atomic mass is 16.5. The van der Waals surface area contributed by atoms with Gasteiger partial charge in [-0.05, 0) is 55.7 Å². The number of benzene rings is 2. The first-order valence-corrected chi connectivity index (χ1v) is 11.1. The zero-order chi connectivity index (χ0) is 21.9. The van der Waals surface area contributed by atoms with E-state index in [0.29, 0.717) is 13.1 Å². The van der Waals surface area contributed by atoms with E-state index in [1.807, 2.05) is 59.5 Å². The van der Waals surface area contributed by atoms with Gasteiger partial charge in [0.05, 0.1) is 25.9 Å². The lowest BCUT2D eigenvalue weighted by Crippen LogP contribution is -2.51. The van der Waals surface area contributed by atoms with Crippen molar-refractivity contribution >= 4 is 11.6 Å². The third-order valence-electron chi connectivity index (χ3n) is 6.10. The van der Waals surface area contributed by atoms with Gasteiger partial charge in [0, 0.05) is 24.7 Å². The van der Waals surface area contributed by atoms with E-state index >= 15 is 0 Å². The third kappa shape index (κ3) is 4.15. The number of carbonyl (C=O) groups is 1. The van der Waals surface area contributed by atoms with Crippen LogP contribution in [0, 0.1) is 0 Å². The summed E-state index contributed by atoms with van der Waals surface area (Å²) >= 11 is 0. The molecule has 1 fully saturated rings. The van der Waals surface area contributed by atoms with Crippen LogP contribution in [0.1, 0.15) is 25.0 Å². The maximum atomic E-state index is 13.1. The molecular weight excluding hydrogens is 406 g/mol. The molecule has 0 radical (unpaired) electrons. The smallest absolute Gasteiger partial charge is 0.265 e. The van der Waals surface area contributed by atoms with Gasteiger partial charge in [-0.3, -0.25) is 4.79 Å². The Morgan fingerprint density at radius 3 is 2.66 bits per heavy atom. The summed E-state index contributed by atoms with van der Waals surface area (Å²) in [5.74, 6) is 2.33. The second-order valence-corrected chi connectivity index (χ2v) is 8.25. The molecule has 3 aromatic rings. The fourth-order valence-electron chi connectivity index (χ4n) is 4.38. The second kappa shape index (κ2) is 8.94. The Kier molecular flexibility index (Phi) is 5.71. The van der Waals surface area contributed by atoms with Crippen molar-refractivity contribution in [2.24, 2.45) is 0 Å². The highest BCUT2D eigenvalue weighted by Gasteiger charge is 2.34. The van der Waals surface area contributed by atoms with Crippen LogP contribution < -0.4 is 14.4 Å². The van der Waals surface area contributed by atoms with Crippen molar-refractivity contribution in [1.82, 2.24) is 10.1 Å². The van der Waals surface area contributed by atoms with Crippen LogP contribution >= 0.6 is 0 Å². The van der Waals surface area contributed by atoms with Gasteiger partial charge >= 0.3 is 0 Å². The lowest BCUT2D eigenvalue weighted by atomic mass is 10.1. The van der Waals surface area contributed by atoms with Gasteiger partial charge in [-0.1, -0.05) is 17.3 Å². The fourth-order valence-corrected chi connectivity index (χ4v) is 4.38. The Labute approximate surface area is 187 Å². The van der Waals surface area contributed by atoms with Crippen molar-refractivity contribution in [2.75, 3.05) is 31.6 Å². The van der Waals surface area contributed by atoms with E-state index in [9.17, 15) is 4.79 Å². The molecule has 0 saturated carbocycles. The minimum atomic E-state index is -0.521. The number of nitrogens with zero attached hydrogens (tertiary/aromatic N) is 3. The quantitative estimate of drug-likeness (QED) is 0.603. The number of para-hydroxylation sites is 2. The molecule has 2 aliphatic heterocycles. The molecule has 7 heteroatoms. The summed E-state index contributed by atoms with van der Waals surface area (Å²) in [6.07, 6.45) is 2.79. The number of aromatic nitrogens is 1. The summed E-state index contributed by atoms with van der Waals surface area (Å²) in [6, 6.07) is 17.5. The van der Waals surface area contributed by atoms with Crippen LogP contribution in [0.4, 0.5) is 5.69 Å². The molecular formula is C25H27N3O4. The number of fused-ring (bicyclic) bond motifs is 1. The predicted molar refractivity (Wildman–Crippen MR) is 121 cm³/mol. The number of methoxy groups -OCH3 is 1. The van der Waals surface area contributed by atoms with Crippen molar-refractivity contribution in [3.05, 3.63) is 60.4 Å².